The van der Waals surface area contributed by atoms with Gasteiger partial charge in [0.25, 0.3) is 5.91 Å². The van der Waals surface area contributed by atoms with E-state index in [2.05, 4.69) is 17.2 Å². The van der Waals surface area contributed by atoms with Crippen molar-refractivity contribution in [2.45, 2.75) is 38.8 Å². The Kier molecular flexibility index (Phi) is 5.38. The summed E-state index contributed by atoms with van der Waals surface area (Å²) in [6.07, 6.45) is 2.19. The van der Waals surface area contributed by atoms with Gasteiger partial charge in [-0.25, -0.2) is 0 Å². The van der Waals surface area contributed by atoms with E-state index in [0.717, 1.165) is 30.6 Å². The number of hydrogen-bond acceptors (Lipinski definition) is 3. The van der Waals surface area contributed by atoms with Crippen LogP contribution in [0.3, 0.4) is 0 Å². The molecule has 21 heavy (non-hydrogen) atoms. The summed E-state index contributed by atoms with van der Waals surface area (Å²) in [5.74, 6) is 5.68. The number of aryl methyl sites for hydroxylation is 1. The largest absolute Gasteiger partial charge is 0.376 e. The summed E-state index contributed by atoms with van der Waals surface area (Å²) in [6.45, 7) is 5.01. The predicted molar refractivity (Wildman–Crippen MR) is 83.0 cm³/mol. The Morgan fingerprint density at radius 2 is 2.38 bits per heavy atom. The van der Waals surface area contributed by atoms with Crippen molar-refractivity contribution in [2.75, 3.05) is 13.2 Å². The molecule has 2 unspecified atom stereocenters. The van der Waals surface area contributed by atoms with Gasteiger partial charge in [0.15, 0.2) is 0 Å². The van der Waals surface area contributed by atoms with Gasteiger partial charge in [0.2, 0.25) is 0 Å². The van der Waals surface area contributed by atoms with Crippen LogP contribution in [0.25, 0.3) is 0 Å². The molecule has 1 aliphatic rings. The Bertz CT molecular complexity index is 566. The number of nitrogens with two attached hydrogens (primary N) is 1. The average Bonchev–Trinajstić information content (AvgIpc) is 3.00. The Morgan fingerprint density at radius 1 is 1.57 bits per heavy atom. The molecule has 0 saturated carbocycles. The summed E-state index contributed by atoms with van der Waals surface area (Å²) in [6, 6.07) is 5.64. The first kappa shape index (κ1) is 15.6. The summed E-state index contributed by atoms with van der Waals surface area (Å²) >= 11 is 0. The second-order valence-corrected chi connectivity index (χ2v) is 5.35. The molecule has 4 heteroatoms. The van der Waals surface area contributed by atoms with Crippen LogP contribution in [0.1, 0.15) is 41.3 Å². The molecule has 3 N–H and O–H groups in total. The van der Waals surface area contributed by atoms with Crippen molar-refractivity contribution >= 4 is 5.91 Å². The minimum absolute atomic E-state index is 0.0122. The Morgan fingerprint density at radius 3 is 3.05 bits per heavy atom. The second kappa shape index (κ2) is 7.26. The maximum absolute atomic E-state index is 12.4. The van der Waals surface area contributed by atoms with Gasteiger partial charge in [0.05, 0.1) is 18.7 Å². The van der Waals surface area contributed by atoms with E-state index in [-0.39, 0.29) is 18.1 Å². The fourth-order valence-electron chi connectivity index (χ4n) is 2.47. The van der Waals surface area contributed by atoms with Crippen LogP contribution >= 0.6 is 0 Å². The van der Waals surface area contributed by atoms with Gasteiger partial charge >= 0.3 is 0 Å². The van der Waals surface area contributed by atoms with Crippen molar-refractivity contribution in [1.29, 1.82) is 0 Å². The second-order valence-electron chi connectivity index (χ2n) is 5.35. The molecule has 4 nitrogen and oxygen atoms in total. The average molecular weight is 286 g/mol. The normalized spacial score (nSPS) is 18.7. The number of carbonyl (C=O) groups is 1. The SMILES string of the molecule is Cc1ccc(C#CCN)cc1C(=O)NC(C)C1CCCO1. The standard InChI is InChI=1S/C17H22N2O2/c1-12-7-8-14(5-3-9-18)11-15(12)17(20)19-13(2)16-6-4-10-21-16/h7-8,11,13,16H,4,6,9-10,18H2,1-2H3,(H,19,20). The molecule has 0 radical (unpaired) electrons. The van der Waals surface area contributed by atoms with E-state index in [4.69, 9.17) is 10.5 Å². The van der Waals surface area contributed by atoms with E-state index in [1.165, 1.54) is 0 Å². The molecule has 1 aliphatic heterocycles. The molecule has 112 valence electrons. The van der Waals surface area contributed by atoms with Crippen molar-refractivity contribution in [3.05, 3.63) is 34.9 Å². The van der Waals surface area contributed by atoms with Crippen LogP contribution in [0, 0.1) is 18.8 Å². The summed E-state index contributed by atoms with van der Waals surface area (Å²) in [4.78, 5) is 12.4. The number of rotatable bonds is 3. The van der Waals surface area contributed by atoms with Crippen LogP contribution in [0.5, 0.6) is 0 Å². The lowest BCUT2D eigenvalue weighted by Crippen LogP contribution is -2.41. The first-order valence-corrected chi connectivity index (χ1v) is 7.34. The number of carbonyl (C=O) groups excluding carboxylic acids is 1. The minimum Gasteiger partial charge on any atom is -0.376 e. The van der Waals surface area contributed by atoms with Crippen molar-refractivity contribution < 1.29 is 9.53 Å². The Labute approximate surface area is 126 Å². The predicted octanol–water partition coefficient (Wildman–Crippen LogP) is 1.60. The van der Waals surface area contributed by atoms with Gasteiger partial charge in [-0.1, -0.05) is 17.9 Å². The number of nitrogens with one attached hydrogen (secondary N) is 1. The van der Waals surface area contributed by atoms with Gasteiger partial charge in [-0.2, -0.15) is 0 Å². The van der Waals surface area contributed by atoms with Crippen molar-refractivity contribution in [2.24, 2.45) is 5.73 Å². The third-order valence-electron chi connectivity index (χ3n) is 3.70. The molecule has 0 bridgehead atoms. The van der Waals surface area contributed by atoms with Gasteiger partial charge < -0.3 is 15.8 Å². The highest BCUT2D eigenvalue weighted by Crippen LogP contribution is 2.17. The van der Waals surface area contributed by atoms with E-state index in [1.54, 1.807) is 0 Å². The van der Waals surface area contributed by atoms with Crippen LogP contribution < -0.4 is 11.1 Å². The Balaban J connectivity index is 2.10. The number of ether oxygens (including phenoxy) is 1. The molecule has 1 amide bonds. The lowest BCUT2D eigenvalue weighted by Gasteiger charge is -2.20. The first-order valence-electron chi connectivity index (χ1n) is 7.34. The minimum atomic E-state index is -0.0769. The summed E-state index contributed by atoms with van der Waals surface area (Å²) < 4.78 is 5.61. The molecule has 2 rings (SSSR count). The van der Waals surface area contributed by atoms with Crippen LogP contribution in [0.2, 0.25) is 0 Å². The molecule has 0 aliphatic carbocycles. The highest BCUT2D eigenvalue weighted by molar-refractivity contribution is 5.96. The molecule has 1 heterocycles. The quantitative estimate of drug-likeness (QED) is 0.830. The van der Waals surface area contributed by atoms with Crippen LogP contribution in [-0.4, -0.2) is 31.2 Å². The topological polar surface area (TPSA) is 64.4 Å². The molecule has 2 atom stereocenters. The van der Waals surface area contributed by atoms with Gasteiger partial charge in [0.1, 0.15) is 0 Å². The molecular formula is C17H22N2O2. The van der Waals surface area contributed by atoms with Crippen molar-refractivity contribution in [3.8, 4) is 11.8 Å². The lowest BCUT2D eigenvalue weighted by molar-refractivity contribution is 0.0712. The van der Waals surface area contributed by atoms with Gasteiger partial charge in [0, 0.05) is 17.7 Å². The molecule has 1 saturated heterocycles. The van der Waals surface area contributed by atoms with Gasteiger partial charge in [-0.3, -0.25) is 4.79 Å². The van der Waals surface area contributed by atoms with Crippen LogP contribution in [-0.2, 0) is 4.74 Å². The van der Waals surface area contributed by atoms with Crippen LogP contribution in [0.15, 0.2) is 18.2 Å². The van der Waals surface area contributed by atoms with Gasteiger partial charge in [-0.15, -0.1) is 0 Å². The maximum atomic E-state index is 12.4. The number of amides is 1. The third-order valence-corrected chi connectivity index (χ3v) is 3.70. The smallest absolute Gasteiger partial charge is 0.251 e. The third kappa shape index (κ3) is 4.07. The lowest BCUT2D eigenvalue weighted by atomic mass is 10.0. The van der Waals surface area contributed by atoms with E-state index in [0.29, 0.717) is 12.1 Å². The monoisotopic (exact) mass is 286 g/mol. The zero-order valence-corrected chi connectivity index (χ0v) is 12.6. The fourth-order valence-corrected chi connectivity index (χ4v) is 2.47. The molecule has 1 aromatic rings. The van der Waals surface area contributed by atoms with Crippen molar-refractivity contribution in [3.63, 3.8) is 0 Å². The Hall–Kier alpha value is -1.83. The maximum Gasteiger partial charge on any atom is 0.251 e. The zero-order chi connectivity index (χ0) is 15.2. The number of hydrogen-bond donors (Lipinski definition) is 2. The summed E-state index contributed by atoms with van der Waals surface area (Å²) in [5.41, 5.74) is 7.77. The number of benzene rings is 1. The fraction of sp³-hybridized carbons (Fsp3) is 0.471. The zero-order valence-electron chi connectivity index (χ0n) is 12.6. The highest BCUT2D eigenvalue weighted by atomic mass is 16.5. The first-order chi connectivity index (χ1) is 10.1. The summed E-state index contributed by atoms with van der Waals surface area (Å²) in [5, 5.41) is 3.03. The van der Waals surface area contributed by atoms with E-state index in [9.17, 15) is 4.79 Å². The summed E-state index contributed by atoms with van der Waals surface area (Å²) in [7, 11) is 0. The molecule has 0 spiro atoms. The highest BCUT2D eigenvalue weighted by Gasteiger charge is 2.24. The molecule has 1 aromatic carbocycles. The molecule has 1 fully saturated rings. The van der Waals surface area contributed by atoms with E-state index < -0.39 is 0 Å². The molecular weight excluding hydrogens is 264 g/mol. The van der Waals surface area contributed by atoms with Crippen molar-refractivity contribution in [1.82, 2.24) is 5.32 Å². The van der Waals surface area contributed by atoms with E-state index in [1.807, 2.05) is 32.0 Å². The van der Waals surface area contributed by atoms with Gasteiger partial charge in [-0.05, 0) is 44.4 Å². The molecule has 0 aromatic heterocycles. The van der Waals surface area contributed by atoms with Crippen LogP contribution in [0.4, 0.5) is 0 Å². The van der Waals surface area contributed by atoms with E-state index >= 15 is 0 Å².